The zero-order valence-corrected chi connectivity index (χ0v) is 26.8. The first-order valence-corrected chi connectivity index (χ1v) is 16.2. The van der Waals surface area contributed by atoms with E-state index in [4.69, 9.17) is 15.0 Å². The highest BCUT2D eigenvalue weighted by molar-refractivity contribution is 5.99. The second kappa shape index (κ2) is 13.1. The molecule has 0 spiro atoms. The molecule has 0 bridgehead atoms. The molecule has 5 heteroatoms. The second-order valence-electron chi connectivity index (χ2n) is 12.0. The van der Waals surface area contributed by atoms with Crippen molar-refractivity contribution in [3.05, 3.63) is 175 Å². The molecule has 8 aromatic rings. The van der Waals surface area contributed by atoms with Crippen molar-refractivity contribution in [1.82, 2.24) is 15.0 Å². The van der Waals surface area contributed by atoms with Gasteiger partial charge in [0.2, 0.25) is 0 Å². The summed E-state index contributed by atoms with van der Waals surface area (Å²) in [6.45, 7) is 0. The third kappa shape index (κ3) is 6.00. The fraction of sp³-hybridized carbons (Fsp3) is 0. The number of hydrogen-bond acceptors (Lipinski definition) is 5. The summed E-state index contributed by atoms with van der Waals surface area (Å²) in [6, 6.07) is 59.1. The van der Waals surface area contributed by atoms with Crippen molar-refractivity contribution in [3.8, 4) is 79.7 Å². The number of benzene rings is 7. The molecule has 0 amide bonds. The minimum atomic E-state index is 0.472. The standard InChI is InChI=1S/C45H27N5/c46-28-30-24-31(29-47)26-40(25-30)33-14-18-35(19-15-33)41-13-7-12-34-20-23-39(27-42(34)41)32-16-21-38(22-17-32)45-49-43(36-8-3-1-4-9-36)48-44(50-45)37-10-5-2-6-11-37/h1-27H. The number of nitrogens with zero attached hydrogens (tertiary/aromatic N) is 5. The maximum atomic E-state index is 9.42. The van der Waals surface area contributed by atoms with Gasteiger partial charge in [-0.3, -0.25) is 0 Å². The van der Waals surface area contributed by atoms with Crippen molar-refractivity contribution in [3.63, 3.8) is 0 Å². The van der Waals surface area contributed by atoms with Gasteiger partial charge >= 0.3 is 0 Å². The van der Waals surface area contributed by atoms with Crippen LogP contribution in [0.25, 0.3) is 78.3 Å². The summed E-state index contributed by atoms with van der Waals surface area (Å²) in [7, 11) is 0. The van der Waals surface area contributed by atoms with E-state index in [1.165, 1.54) is 0 Å². The zero-order chi connectivity index (χ0) is 33.9. The fourth-order valence-corrected chi connectivity index (χ4v) is 6.22. The average Bonchev–Trinajstić information content (AvgIpc) is 3.20. The molecule has 0 radical (unpaired) electrons. The van der Waals surface area contributed by atoms with Crippen LogP contribution in [-0.2, 0) is 0 Å². The monoisotopic (exact) mass is 637 g/mol. The van der Waals surface area contributed by atoms with Gasteiger partial charge < -0.3 is 0 Å². The van der Waals surface area contributed by atoms with Gasteiger partial charge in [0, 0.05) is 16.7 Å². The third-order valence-electron chi connectivity index (χ3n) is 8.78. The summed E-state index contributed by atoms with van der Waals surface area (Å²) < 4.78 is 0. The Morgan fingerprint density at radius 2 is 0.800 bits per heavy atom. The summed E-state index contributed by atoms with van der Waals surface area (Å²) in [5, 5.41) is 21.2. The van der Waals surface area contributed by atoms with Crippen LogP contribution in [0, 0.1) is 22.7 Å². The first-order chi connectivity index (χ1) is 24.6. The van der Waals surface area contributed by atoms with Crippen LogP contribution in [0.15, 0.2) is 164 Å². The van der Waals surface area contributed by atoms with Gasteiger partial charge in [-0.25, -0.2) is 15.0 Å². The molecule has 0 saturated carbocycles. The molecule has 0 aliphatic heterocycles. The first kappa shape index (κ1) is 30.1. The van der Waals surface area contributed by atoms with Crippen LogP contribution < -0.4 is 0 Å². The van der Waals surface area contributed by atoms with Gasteiger partial charge in [0.25, 0.3) is 0 Å². The quantitative estimate of drug-likeness (QED) is 0.181. The molecule has 0 N–H and O–H groups in total. The molecule has 232 valence electrons. The van der Waals surface area contributed by atoms with Crippen molar-refractivity contribution in [2.24, 2.45) is 0 Å². The maximum Gasteiger partial charge on any atom is 0.164 e. The molecule has 1 heterocycles. The number of hydrogen-bond donors (Lipinski definition) is 0. The number of aromatic nitrogens is 3. The van der Waals surface area contributed by atoms with E-state index in [-0.39, 0.29) is 0 Å². The van der Waals surface area contributed by atoms with Crippen molar-refractivity contribution < 1.29 is 0 Å². The molecular weight excluding hydrogens is 611 g/mol. The van der Waals surface area contributed by atoms with Gasteiger partial charge in [0.05, 0.1) is 23.3 Å². The molecule has 0 fully saturated rings. The van der Waals surface area contributed by atoms with Gasteiger partial charge in [-0.2, -0.15) is 10.5 Å². The second-order valence-corrected chi connectivity index (χ2v) is 12.0. The smallest absolute Gasteiger partial charge is 0.164 e. The summed E-state index contributed by atoms with van der Waals surface area (Å²) in [4.78, 5) is 14.6. The Morgan fingerprint density at radius 3 is 1.34 bits per heavy atom. The van der Waals surface area contributed by atoms with E-state index < -0.39 is 0 Å². The SMILES string of the molecule is N#Cc1cc(C#N)cc(-c2ccc(-c3cccc4ccc(-c5ccc(-c6nc(-c7ccccc7)nc(-c7ccccc7)n6)cc5)cc34)cc2)c1. The van der Waals surface area contributed by atoms with Gasteiger partial charge in [-0.1, -0.05) is 140 Å². The van der Waals surface area contributed by atoms with Crippen LogP contribution in [0.5, 0.6) is 0 Å². The molecule has 50 heavy (non-hydrogen) atoms. The third-order valence-corrected chi connectivity index (χ3v) is 8.78. The highest BCUT2D eigenvalue weighted by Crippen LogP contribution is 2.34. The number of rotatable bonds is 6. The lowest BCUT2D eigenvalue weighted by Crippen LogP contribution is -2.00. The molecular formula is C45H27N5. The molecule has 0 aliphatic carbocycles. The first-order valence-electron chi connectivity index (χ1n) is 16.2. The van der Waals surface area contributed by atoms with Gasteiger partial charge in [-0.15, -0.1) is 0 Å². The lowest BCUT2D eigenvalue weighted by atomic mass is 9.93. The Balaban J connectivity index is 1.13. The number of fused-ring (bicyclic) bond motifs is 1. The Labute approximate surface area is 290 Å². The van der Waals surface area contributed by atoms with Crippen LogP contribution in [0.3, 0.4) is 0 Å². The minimum Gasteiger partial charge on any atom is -0.208 e. The highest BCUT2D eigenvalue weighted by Gasteiger charge is 2.13. The molecule has 8 rings (SSSR count). The summed E-state index contributed by atoms with van der Waals surface area (Å²) in [5.74, 6) is 1.89. The van der Waals surface area contributed by atoms with Crippen molar-refractivity contribution >= 4 is 10.8 Å². The van der Waals surface area contributed by atoms with Crippen LogP contribution in [0.4, 0.5) is 0 Å². The Morgan fingerprint density at radius 1 is 0.340 bits per heavy atom. The molecule has 0 aliphatic rings. The summed E-state index contributed by atoms with van der Waals surface area (Å²) in [5.41, 5.74) is 9.94. The topological polar surface area (TPSA) is 86.2 Å². The predicted octanol–water partition coefficient (Wildman–Crippen LogP) is 10.8. The summed E-state index contributed by atoms with van der Waals surface area (Å²) in [6.07, 6.45) is 0. The largest absolute Gasteiger partial charge is 0.208 e. The van der Waals surface area contributed by atoms with E-state index in [1.54, 1.807) is 6.07 Å². The minimum absolute atomic E-state index is 0.472. The normalized spacial score (nSPS) is 10.8. The van der Waals surface area contributed by atoms with Gasteiger partial charge in [0.15, 0.2) is 17.5 Å². The lowest BCUT2D eigenvalue weighted by molar-refractivity contribution is 1.07. The van der Waals surface area contributed by atoms with Crippen LogP contribution in [-0.4, -0.2) is 15.0 Å². The average molecular weight is 638 g/mol. The molecule has 7 aromatic carbocycles. The van der Waals surface area contributed by atoms with E-state index in [0.29, 0.717) is 28.6 Å². The van der Waals surface area contributed by atoms with Crippen molar-refractivity contribution in [2.75, 3.05) is 0 Å². The Bertz CT molecular complexity index is 2490. The van der Waals surface area contributed by atoms with Gasteiger partial charge in [0.1, 0.15) is 0 Å². The molecule has 1 aromatic heterocycles. The predicted molar refractivity (Wildman–Crippen MR) is 199 cm³/mol. The van der Waals surface area contributed by atoms with Crippen molar-refractivity contribution in [2.45, 2.75) is 0 Å². The van der Waals surface area contributed by atoms with Crippen LogP contribution in [0.1, 0.15) is 11.1 Å². The molecule has 0 saturated heterocycles. The lowest BCUT2D eigenvalue weighted by Gasteiger charge is -2.11. The zero-order valence-electron chi connectivity index (χ0n) is 26.8. The van der Waals surface area contributed by atoms with Crippen molar-refractivity contribution in [1.29, 1.82) is 10.5 Å². The van der Waals surface area contributed by atoms with E-state index in [1.807, 2.05) is 84.9 Å². The number of nitriles is 2. The van der Waals surface area contributed by atoms with E-state index in [2.05, 4.69) is 84.9 Å². The van der Waals surface area contributed by atoms with Crippen LogP contribution >= 0.6 is 0 Å². The molecule has 5 nitrogen and oxygen atoms in total. The Hall–Kier alpha value is -7.21. The fourth-order valence-electron chi connectivity index (χ4n) is 6.22. The maximum absolute atomic E-state index is 9.42. The summed E-state index contributed by atoms with van der Waals surface area (Å²) >= 11 is 0. The van der Waals surface area contributed by atoms with Gasteiger partial charge in [-0.05, 0) is 68.4 Å². The van der Waals surface area contributed by atoms with E-state index in [0.717, 1.165) is 60.8 Å². The highest BCUT2D eigenvalue weighted by atomic mass is 15.0. The van der Waals surface area contributed by atoms with E-state index in [9.17, 15) is 10.5 Å². The molecule has 0 atom stereocenters. The Kier molecular flexibility index (Phi) is 7.91. The van der Waals surface area contributed by atoms with E-state index >= 15 is 0 Å². The molecule has 0 unspecified atom stereocenters. The van der Waals surface area contributed by atoms with Crippen LogP contribution in [0.2, 0.25) is 0 Å².